The molecular formula is C16H19F3N4O. The third-order valence-corrected chi connectivity index (χ3v) is 4.40. The first-order valence-electron chi connectivity index (χ1n) is 7.74. The monoisotopic (exact) mass is 340 g/mol. The fourth-order valence-electron chi connectivity index (χ4n) is 3.21. The quantitative estimate of drug-likeness (QED) is 0.857. The molecule has 3 rings (SSSR count). The van der Waals surface area contributed by atoms with Crippen molar-refractivity contribution < 1.29 is 18.0 Å². The molecule has 130 valence electrons. The summed E-state index contributed by atoms with van der Waals surface area (Å²) in [5, 5.41) is 0. The van der Waals surface area contributed by atoms with Crippen LogP contribution in [0.25, 0.3) is 5.65 Å². The van der Waals surface area contributed by atoms with Crippen molar-refractivity contribution in [1.29, 1.82) is 0 Å². The van der Waals surface area contributed by atoms with Crippen molar-refractivity contribution in [2.24, 2.45) is 0 Å². The van der Waals surface area contributed by atoms with Gasteiger partial charge < -0.3 is 9.30 Å². The van der Waals surface area contributed by atoms with Gasteiger partial charge in [-0.3, -0.25) is 9.69 Å². The van der Waals surface area contributed by atoms with Gasteiger partial charge in [0.2, 0.25) is 5.91 Å². The number of hydrogen-bond donors (Lipinski definition) is 0. The smallest absolute Gasteiger partial charge is 0.332 e. The number of hydrogen-bond acceptors (Lipinski definition) is 3. The summed E-state index contributed by atoms with van der Waals surface area (Å²) in [6.45, 7) is 1.31. The lowest BCUT2D eigenvalue weighted by Gasteiger charge is -2.24. The van der Waals surface area contributed by atoms with Crippen LogP contribution in [0.1, 0.15) is 17.8 Å². The molecule has 1 aliphatic rings. The van der Waals surface area contributed by atoms with Gasteiger partial charge in [-0.1, -0.05) is 6.07 Å². The first-order valence-corrected chi connectivity index (χ1v) is 7.74. The van der Waals surface area contributed by atoms with Gasteiger partial charge in [0.25, 0.3) is 0 Å². The number of halogens is 3. The first kappa shape index (κ1) is 16.8. The van der Waals surface area contributed by atoms with Gasteiger partial charge in [-0.15, -0.1) is 0 Å². The largest absolute Gasteiger partial charge is 0.406 e. The number of amides is 1. The van der Waals surface area contributed by atoms with E-state index in [1.54, 1.807) is 7.05 Å². The second-order valence-electron chi connectivity index (χ2n) is 6.17. The Kier molecular flexibility index (Phi) is 4.25. The van der Waals surface area contributed by atoms with E-state index in [0.717, 1.165) is 21.9 Å². The van der Waals surface area contributed by atoms with Gasteiger partial charge in [-0.25, -0.2) is 4.98 Å². The molecule has 0 N–H and O–H groups in total. The zero-order valence-corrected chi connectivity index (χ0v) is 13.5. The van der Waals surface area contributed by atoms with Crippen LogP contribution in [0.2, 0.25) is 0 Å². The van der Waals surface area contributed by atoms with E-state index in [-0.39, 0.29) is 6.54 Å². The highest BCUT2D eigenvalue weighted by Crippen LogP contribution is 2.24. The third-order valence-electron chi connectivity index (χ3n) is 4.40. The molecule has 0 unspecified atom stereocenters. The molecule has 1 amide bonds. The molecular weight excluding hydrogens is 321 g/mol. The minimum atomic E-state index is -4.36. The summed E-state index contributed by atoms with van der Waals surface area (Å²) in [4.78, 5) is 19.4. The number of imidazole rings is 1. The molecule has 1 fully saturated rings. The molecule has 0 bridgehead atoms. The van der Waals surface area contributed by atoms with Crippen molar-refractivity contribution in [2.45, 2.75) is 32.1 Å². The van der Waals surface area contributed by atoms with E-state index in [4.69, 9.17) is 0 Å². The maximum atomic E-state index is 12.5. The molecule has 0 aromatic carbocycles. The van der Waals surface area contributed by atoms with E-state index in [1.165, 1.54) is 0 Å². The van der Waals surface area contributed by atoms with Crippen molar-refractivity contribution in [1.82, 2.24) is 19.2 Å². The van der Waals surface area contributed by atoms with Crippen LogP contribution < -0.4 is 0 Å². The number of rotatable bonds is 4. The van der Waals surface area contributed by atoms with Gasteiger partial charge >= 0.3 is 6.18 Å². The van der Waals surface area contributed by atoms with Gasteiger partial charge in [-0.05, 0) is 32.5 Å². The van der Waals surface area contributed by atoms with Crippen molar-refractivity contribution in [3.63, 3.8) is 0 Å². The Balaban J connectivity index is 1.74. The second kappa shape index (κ2) is 6.08. The van der Waals surface area contributed by atoms with E-state index in [1.807, 2.05) is 40.6 Å². The zero-order chi connectivity index (χ0) is 17.5. The molecule has 0 aliphatic carbocycles. The van der Waals surface area contributed by atoms with Crippen LogP contribution in [-0.2, 0) is 11.3 Å². The molecule has 24 heavy (non-hydrogen) atoms. The normalized spacial score (nSPS) is 19.0. The second-order valence-corrected chi connectivity index (χ2v) is 6.17. The number of carbonyl (C=O) groups excluding carboxylic acids is 1. The van der Waals surface area contributed by atoms with Crippen LogP contribution in [0.3, 0.4) is 0 Å². The Labute approximate surface area is 137 Å². The molecule has 0 radical (unpaired) electrons. The van der Waals surface area contributed by atoms with Crippen LogP contribution in [0, 0.1) is 6.92 Å². The number of likely N-dealkylation sites (tertiary alicyclic amines) is 1. The predicted molar refractivity (Wildman–Crippen MR) is 82.4 cm³/mol. The van der Waals surface area contributed by atoms with E-state index in [2.05, 4.69) is 4.98 Å². The van der Waals surface area contributed by atoms with Crippen LogP contribution in [-0.4, -0.2) is 57.4 Å². The maximum Gasteiger partial charge on any atom is 0.406 e. The highest BCUT2D eigenvalue weighted by molar-refractivity contribution is 5.84. The summed E-state index contributed by atoms with van der Waals surface area (Å²) in [5.74, 6) is -0.457. The number of alkyl halides is 3. The Morgan fingerprint density at radius 2 is 2.12 bits per heavy atom. The minimum absolute atomic E-state index is 0.138. The molecule has 1 saturated heterocycles. The Hall–Kier alpha value is -2.09. The molecule has 1 aliphatic heterocycles. The van der Waals surface area contributed by atoms with E-state index in [0.29, 0.717) is 13.0 Å². The van der Waals surface area contributed by atoms with Gasteiger partial charge in [0, 0.05) is 19.3 Å². The number of carbonyl (C=O) groups is 1. The summed E-state index contributed by atoms with van der Waals surface area (Å²) < 4.78 is 39.5. The number of aromatic nitrogens is 2. The van der Waals surface area contributed by atoms with Crippen molar-refractivity contribution in [3.05, 3.63) is 35.8 Å². The predicted octanol–water partition coefficient (Wildman–Crippen LogP) is 2.24. The molecule has 1 atom stereocenters. The number of likely N-dealkylation sites (N-methyl/N-ethyl adjacent to an activating group) is 1. The number of fused-ring (bicyclic) bond motifs is 1. The Morgan fingerprint density at radius 1 is 1.38 bits per heavy atom. The lowest BCUT2D eigenvalue weighted by molar-refractivity contribution is -0.159. The molecule has 0 saturated carbocycles. The highest BCUT2D eigenvalue weighted by atomic mass is 19.4. The van der Waals surface area contributed by atoms with Crippen LogP contribution >= 0.6 is 0 Å². The number of aryl methyl sites for hydroxylation is 1. The minimum Gasteiger partial charge on any atom is -0.332 e. The fourth-order valence-corrected chi connectivity index (χ4v) is 3.21. The molecule has 5 nitrogen and oxygen atoms in total. The van der Waals surface area contributed by atoms with Crippen LogP contribution in [0.5, 0.6) is 0 Å². The topological polar surface area (TPSA) is 40.9 Å². The summed E-state index contributed by atoms with van der Waals surface area (Å²) >= 11 is 0. The van der Waals surface area contributed by atoms with E-state index < -0.39 is 24.7 Å². The molecule has 2 aromatic heterocycles. The molecule has 3 heterocycles. The first-order chi connectivity index (χ1) is 11.3. The summed E-state index contributed by atoms with van der Waals surface area (Å²) in [5.41, 5.74) is 2.61. The van der Waals surface area contributed by atoms with Gasteiger partial charge in [-0.2, -0.15) is 13.2 Å². The summed E-state index contributed by atoms with van der Waals surface area (Å²) in [7, 11) is 1.77. The zero-order valence-electron chi connectivity index (χ0n) is 13.5. The van der Waals surface area contributed by atoms with Gasteiger partial charge in [0.15, 0.2) is 0 Å². The number of nitrogens with zero attached hydrogens (tertiary/aromatic N) is 4. The maximum absolute atomic E-state index is 12.5. The number of pyridine rings is 1. The summed E-state index contributed by atoms with van der Waals surface area (Å²) in [6.07, 6.45) is -2.06. The Bertz CT molecular complexity index is 755. The lowest BCUT2D eigenvalue weighted by Crippen LogP contribution is -2.42. The molecule has 2 aromatic rings. The van der Waals surface area contributed by atoms with Crippen molar-refractivity contribution in [2.75, 3.05) is 20.1 Å². The van der Waals surface area contributed by atoms with E-state index in [9.17, 15) is 18.0 Å². The van der Waals surface area contributed by atoms with Gasteiger partial charge in [0.05, 0.1) is 17.4 Å². The van der Waals surface area contributed by atoms with Crippen molar-refractivity contribution in [3.8, 4) is 0 Å². The lowest BCUT2D eigenvalue weighted by atomic mass is 10.2. The SMILES string of the molecule is Cc1nc2ccccn2c1CN(C)[C@@H]1CCN(CC(F)(F)F)C1=O. The average Bonchev–Trinajstić information content (AvgIpc) is 2.99. The molecule has 0 spiro atoms. The average molecular weight is 340 g/mol. The fraction of sp³-hybridized carbons (Fsp3) is 0.500. The highest BCUT2D eigenvalue weighted by Gasteiger charge is 2.40. The molecule has 8 heteroatoms. The Morgan fingerprint density at radius 3 is 2.83 bits per heavy atom. The third kappa shape index (κ3) is 3.24. The van der Waals surface area contributed by atoms with Crippen LogP contribution in [0.15, 0.2) is 24.4 Å². The van der Waals surface area contributed by atoms with Gasteiger partial charge in [0.1, 0.15) is 12.2 Å². The van der Waals surface area contributed by atoms with Crippen LogP contribution in [0.4, 0.5) is 13.2 Å². The van der Waals surface area contributed by atoms with E-state index >= 15 is 0 Å². The summed E-state index contributed by atoms with van der Waals surface area (Å²) in [6, 6.07) is 5.15. The van der Waals surface area contributed by atoms with Crippen molar-refractivity contribution >= 4 is 11.6 Å². The standard InChI is InChI=1S/C16H19F3N4O/c1-11-13(23-7-4-3-5-14(23)20-11)9-21(2)12-6-8-22(15(12)24)10-16(17,18)19/h3-5,7,12H,6,8-10H2,1-2H3/t12-/m1/s1.